The first kappa shape index (κ1) is 16.5. The molecule has 4 rings (SSSR count). The van der Waals surface area contributed by atoms with E-state index in [4.69, 9.17) is 16.6 Å². The molecular weight excluding hydrogens is 346 g/mol. The third-order valence-electron chi connectivity index (χ3n) is 4.44. The van der Waals surface area contributed by atoms with Crippen molar-refractivity contribution in [1.82, 2.24) is 9.38 Å². The Hall–Kier alpha value is -2.98. The number of aromatic nitrogens is 2. The number of aromatic hydroxyl groups is 1. The van der Waals surface area contributed by atoms with Gasteiger partial charge in [0, 0.05) is 22.5 Å². The summed E-state index contributed by atoms with van der Waals surface area (Å²) in [5, 5.41) is 13.8. The van der Waals surface area contributed by atoms with Crippen LogP contribution in [0.25, 0.3) is 16.9 Å². The van der Waals surface area contributed by atoms with Gasteiger partial charge in [0.15, 0.2) is 0 Å². The number of nitrogens with one attached hydrogen (secondary N) is 1. The molecular formula is C21H18ClN3O. The van der Waals surface area contributed by atoms with E-state index < -0.39 is 0 Å². The second-order valence-corrected chi connectivity index (χ2v) is 6.73. The Kier molecular flexibility index (Phi) is 4.05. The maximum absolute atomic E-state index is 9.60. The Morgan fingerprint density at radius 2 is 1.81 bits per heavy atom. The molecule has 26 heavy (non-hydrogen) atoms. The molecule has 0 fully saturated rings. The second-order valence-electron chi connectivity index (χ2n) is 6.33. The molecule has 130 valence electrons. The van der Waals surface area contributed by atoms with Crippen molar-refractivity contribution in [2.24, 2.45) is 0 Å². The highest BCUT2D eigenvalue weighted by Gasteiger charge is 2.16. The summed E-state index contributed by atoms with van der Waals surface area (Å²) in [4.78, 5) is 4.81. The largest absolute Gasteiger partial charge is 0.508 e. The average molecular weight is 364 g/mol. The van der Waals surface area contributed by atoms with Crippen LogP contribution in [0.2, 0.25) is 5.02 Å². The number of pyridine rings is 1. The summed E-state index contributed by atoms with van der Waals surface area (Å²) in [6, 6.07) is 16.9. The van der Waals surface area contributed by atoms with Crippen molar-refractivity contribution in [3.63, 3.8) is 0 Å². The van der Waals surface area contributed by atoms with E-state index in [0.717, 1.165) is 39.5 Å². The number of imidazole rings is 1. The zero-order valence-corrected chi connectivity index (χ0v) is 15.2. The first-order valence-corrected chi connectivity index (χ1v) is 8.71. The number of rotatable bonds is 3. The van der Waals surface area contributed by atoms with Crippen molar-refractivity contribution in [1.29, 1.82) is 0 Å². The molecule has 4 aromatic rings. The van der Waals surface area contributed by atoms with Gasteiger partial charge in [-0.05, 0) is 73.5 Å². The highest BCUT2D eigenvalue weighted by atomic mass is 35.5. The molecule has 2 aromatic carbocycles. The van der Waals surface area contributed by atoms with Gasteiger partial charge in [-0.3, -0.25) is 4.40 Å². The normalized spacial score (nSPS) is 11.0. The minimum atomic E-state index is 0.230. The first-order valence-electron chi connectivity index (χ1n) is 8.33. The van der Waals surface area contributed by atoms with Gasteiger partial charge in [-0.1, -0.05) is 17.7 Å². The van der Waals surface area contributed by atoms with Gasteiger partial charge in [0.2, 0.25) is 0 Å². The van der Waals surface area contributed by atoms with Crippen molar-refractivity contribution >= 4 is 28.8 Å². The molecule has 0 bridgehead atoms. The van der Waals surface area contributed by atoms with Gasteiger partial charge < -0.3 is 10.4 Å². The van der Waals surface area contributed by atoms with Gasteiger partial charge >= 0.3 is 0 Å². The highest BCUT2D eigenvalue weighted by Crippen LogP contribution is 2.34. The summed E-state index contributed by atoms with van der Waals surface area (Å²) in [5.41, 5.74) is 5.65. The van der Waals surface area contributed by atoms with Crippen LogP contribution in [0.1, 0.15) is 11.1 Å². The molecule has 0 aliphatic carbocycles. The minimum absolute atomic E-state index is 0.230. The van der Waals surface area contributed by atoms with Crippen LogP contribution in [0.3, 0.4) is 0 Å². The molecule has 2 heterocycles. The Morgan fingerprint density at radius 1 is 1.04 bits per heavy atom. The first-order chi connectivity index (χ1) is 12.5. The van der Waals surface area contributed by atoms with E-state index in [1.54, 1.807) is 12.1 Å². The lowest BCUT2D eigenvalue weighted by Crippen LogP contribution is -1.99. The van der Waals surface area contributed by atoms with Crippen LogP contribution in [0, 0.1) is 13.8 Å². The molecule has 5 heteroatoms. The van der Waals surface area contributed by atoms with E-state index in [-0.39, 0.29) is 5.75 Å². The lowest BCUT2D eigenvalue weighted by Gasteiger charge is -2.12. The van der Waals surface area contributed by atoms with Crippen LogP contribution in [0.15, 0.2) is 60.8 Å². The van der Waals surface area contributed by atoms with Crippen molar-refractivity contribution < 1.29 is 5.11 Å². The molecule has 2 N–H and O–H groups in total. The van der Waals surface area contributed by atoms with E-state index >= 15 is 0 Å². The van der Waals surface area contributed by atoms with E-state index in [1.165, 1.54) is 0 Å². The third kappa shape index (κ3) is 2.89. The van der Waals surface area contributed by atoms with Crippen molar-refractivity contribution in [2.75, 3.05) is 5.32 Å². The molecule has 2 aromatic heterocycles. The van der Waals surface area contributed by atoms with Crippen LogP contribution in [0.5, 0.6) is 5.75 Å². The number of hydrogen-bond donors (Lipinski definition) is 2. The predicted octanol–water partition coefficient (Wildman–Crippen LogP) is 5.72. The van der Waals surface area contributed by atoms with Gasteiger partial charge in [0.1, 0.15) is 22.9 Å². The molecule has 0 unspecified atom stereocenters. The van der Waals surface area contributed by atoms with E-state index in [0.29, 0.717) is 5.02 Å². The molecule has 0 atom stereocenters. The molecule has 4 nitrogen and oxygen atoms in total. The van der Waals surface area contributed by atoms with E-state index in [9.17, 15) is 5.11 Å². The summed E-state index contributed by atoms with van der Waals surface area (Å²) in [6.45, 7) is 4.03. The fraction of sp³-hybridized carbons (Fsp3) is 0.0952. The van der Waals surface area contributed by atoms with Crippen LogP contribution < -0.4 is 5.32 Å². The molecule has 0 aliphatic rings. The predicted molar refractivity (Wildman–Crippen MR) is 107 cm³/mol. The quantitative estimate of drug-likeness (QED) is 0.489. The molecule has 0 saturated carbocycles. The minimum Gasteiger partial charge on any atom is -0.508 e. The summed E-state index contributed by atoms with van der Waals surface area (Å²) >= 11 is 6.28. The Bertz CT molecular complexity index is 1100. The summed E-state index contributed by atoms with van der Waals surface area (Å²) in [5.74, 6) is 1.09. The SMILES string of the molecule is Cc1ccn2c(Nc3cccc(Cl)c3C)c(-c3ccc(O)cc3)nc2c1. The molecule has 0 radical (unpaired) electrons. The number of hydrogen-bond acceptors (Lipinski definition) is 3. The average Bonchev–Trinajstić information content (AvgIpc) is 2.97. The fourth-order valence-corrected chi connectivity index (χ4v) is 3.13. The second kappa shape index (κ2) is 6.39. The number of aryl methyl sites for hydroxylation is 1. The highest BCUT2D eigenvalue weighted by molar-refractivity contribution is 6.31. The number of fused-ring (bicyclic) bond motifs is 1. The van der Waals surface area contributed by atoms with Crippen LogP contribution in [0.4, 0.5) is 11.5 Å². The van der Waals surface area contributed by atoms with Crippen molar-refractivity contribution in [2.45, 2.75) is 13.8 Å². The van der Waals surface area contributed by atoms with Crippen molar-refractivity contribution in [3.05, 3.63) is 76.9 Å². The number of phenols is 1. The zero-order chi connectivity index (χ0) is 18.3. The van der Waals surface area contributed by atoms with Crippen LogP contribution >= 0.6 is 11.6 Å². The number of benzene rings is 2. The molecule has 0 saturated heterocycles. The summed E-state index contributed by atoms with van der Waals surface area (Å²) < 4.78 is 2.02. The zero-order valence-electron chi connectivity index (χ0n) is 14.5. The molecule has 0 amide bonds. The topological polar surface area (TPSA) is 49.6 Å². The van der Waals surface area contributed by atoms with E-state index in [2.05, 4.69) is 5.32 Å². The number of phenolic OH excluding ortho intramolecular Hbond substituents is 1. The Labute approximate surface area is 156 Å². The number of nitrogens with zero attached hydrogens (tertiary/aromatic N) is 2. The maximum atomic E-state index is 9.60. The standard InChI is InChI=1S/C21H18ClN3O/c1-13-10-11-25-19(12-13)24-20(15-6-8-16(26)9-7-15)21(25)23-18-5-3-4-17(22)14(18)2/h3-12,23,26H,1-2H3. The van der Waals surface area contributed by atoms with Gasteiger partial charge in [-0.2, -0.15) is 0 Å². The van der Waals surface area contributed by atoms with Gasteiger partial charge in [-0.15, -0.1) is 0 Å². The summed E-state index contributed by atoms with van der Waals surface area (Å²) in [7, 11) is 0. The lowest BCUT2D eigenvalue weighted by atomic mass is 10.1. The van der Waals surface area contributed by atoms with Gasteiger partial charge in [-0.25, -0.2) is 4.98 Å². The Balaban J connectivity index is 1.92. The number of anilines is 2. The van der Waals surface area contributed by atoms with E-state index in [1.807, 2.05) is 66.9 Å². The third-order valence-corrected chi connectivity index (χ3v) is 4.85. The Morgan fingerprint density at radius 3 is 2.58 bits per heavy atom. The van der Waals surface area contributed by atoms with Gasteiger partial charge in [0.05, 0.1) is 0 Å². The summed E-state index contributed by atoms with van der Waals surface area (Å²) in [6.07, 6.45) is 2.00. The van der Waals surface area contributed by atoms with Crippen LogP contribution in [-0.2, 0) is 0 Å². The fourth-order valence-electron chi connectivity index (χ4n) is 2.96. The smallest absolute Gasteiger partial charge is 0.143 e. The van der Waals surface area contributed by atoms with Gasteiger partial charge in [0.25, 0.3) is 0 Å². The van der Waals surface area contributed by atoms with Crippen LogP contribution in [-0.4, -0.2) is 14.5 Å². The monoisotopic (exact) mass is 363 g/mol. The number of halogens is 1. The maximum Gasteiger partial charge on any atom is 0.143 e. The lowest BCUT2D eigenvalue weighted by molar-refractivity contribution is 0.475. The van der Waals surface area contributed by atoms with Crippen molar-refractivity contribution in [3.8, 4) is 17.0 Å². The molecule has 0 spiro atoms. The molecule has 0 aliphatic heterocycles.